The van der Waals surface area contributed by atoms with Crippen LogP contribution in [-0.2, 0) is 24.9 Å². The molecule has 0 aromatic carbocycles. The zero-order valence-corrected chi connectivity index (χ0v) is 19.1. The van der Waals surface area contributed by atoms with E-state index in [1.807, 2.05) is 16.7 Å². The molecular weight excluding hydrogens is 388 g/mol. The summed E-state index contributed by atoms with van der Waals surface area (Å²) in [6.07, 6.45) is 2.91. The lowest BCUT2D eigenvalue weighted by Crippen LogP contribution is -2.38. The van der Waals surface area contributed by atoms with E-state index in [-0.39, 0.29) is 28.4 Å². The standard InChI is InChI=1S/C21H34N4O3S/c1-20(2,3)13-25-17-8-7-16(23-18(17)24(6)19(25)26)14-9-10-21(4,5)15(11-14)12-22-29(27)28/h7-8,14-15,22H,9-13H2,1-6H3,(H,27,28)/p-1. The third kappa shape index (κ3) is 4.81. The molecule has 2 aromatic rings. The van der Waals surface area contributed by atoms with Gasteiger partial charge in [0.1, 0.15) is 0 Å². The number of hydrogen-bond acceptors (Lipinski definition) is 4. The molecule has 0 aliphatic heterocycles. The minimum absolute atomic E-state index is 0.00635. The monoisotopic (exact) mass is 421 g/mol. The van der Waals surface area contributed by atoms with Crippen molar-refractivity contribution in [3.8, 4) is 0 Å². The molecule has 162 valence electrons. The molecule has 8 heteroatoms. The summed E-state index contributed by atoms with van der Waals surface area (Å²) < 4.78 is 27.9. The molecule has 7 nitrogen and oxygen atoms in total. The van der Waals surface area contributed by atoms with Crippen molar-refractivity contribution in [2.24, 2.45) is 23.8 Å². The van der Waals surface area contributed by atoms with Crippen molar-refractivity contribution >= 4 is 22.4 Å². The molecular formula is C21H33N4O3S-. The van der Waals surface area contributed by atoms with Crippen LogP contribution in [0, 0.1) is 16.7 Å². The van der Waals surface area contributed by atoms with Crippen LogP contribution in [0.25, 0.3) is 11.2 Å². The summed E-state index contributed by atoms with van der Waals surface area (Å²) in [5.41, 5.74) is 2.61. The van der Waals surface area contributed by atoms with Gasteiger partial charge in [0.25, 0.3) is 0 Å². The number of nitrogens with one attached hydrogen (secondary N) is 1. The van der Waals surface area contributed by atoms with Crippen LogP contribution in [0.1, 0.15) is 65.5 Å². The summed E-state index contributed by atoms with van der Waals surface area (Å²) in [5.74, 6) is 0.506. The maximum atomic E-state index is 12.8. The van der Waals surface area contributed by atoms with Gasteiger partial charge in [0.2, 0.25) is 0 Å². The lowest BCUT2D eigenvalue weighted by atomic mass is 9.65. The molecule has 1 aliphatic rings. The Hall–Kier alpha value is -1.51. The first-order valence-corrected chi connectivity index (χ1v) is 11.4. The Labute approximate surface area is 175 Å². The first-order valence-electron chi connectivity index (χ1n) is 10.3. The van der Waals surface area contributed by atoms with Gasteiger partial charge in [-0.05, 0) is 48.1 Å². The fourth-order valence-electron chi connectivity index (χ4n) is 4.47. The number of aromatic nitrogens is 3. The highest BCUT2D eigenvalue weighted by Crippen LogP contribution is 2.46. The van der Waals surface area contributed by atoms with Gasteiger partial charge >= 0.3 is 5.69 Å². The van der Waals surface area contributed by atoms with Gasteiger partial charge in [-0.1, -0.05) is 34.6 Å². The summed E-state index contributed by atoms with van der Waals surface area (Å²) in [6, 6.07) is 4.06. The van der Waals surface area contributed by atoms with E-state index in [1.54, 1.807) is 11.6 Å². The Balaban J connectivity index is 1.91. The van der Waals surface area contributed by atoms with Gasteiger partial charge < -0.3 is 4.55 Å². The quantitative estimate of drug-likeness (QED) is 0.751. The molecule has 0 spiro atoms. The normalized spacial score (nSPS) is 23.4. The smallest absolute Gasteiger partial charge is 0.330 e. The molecule has 0 amide bonds. The van der Waals surface area contributed by atoms with Crippen molar-refractivity contribution in [3.05, 3.63) is 28.3 Å². The van der Waals surface area contributed by atoms with E-state index in [0.717, 1.165) is 36.1 Å². The lowest BCUT2D eigenvalue weighted by molar-refractivity contribution is 0.125. The van der Waals surface area contributed by atoms with Crippen molar-refractivity contribution in [1.29, 1.82) is 0 Å². The summed E-state index contributed by atoms with van der Waals surface area (Å²) >= 11 is -2.24. The molecule has 0 saturated heterocycles. The van der Waals surface area contributed by atoms with Crippen LogP contribution in [0.4, 0.5) is 0 Å². The van der Waals surface area contributed by atoms with E-state index in [9.17, 15) is 13.6 Å². The summed E-state index contributed by atoms with van der Waals surface area (Å²) in [6.45, 7) is 11.9. The van der Waals surface area contributed by atoms with Gasteiger partial charge in [-0.25, -0.2) is 14.5 Å². The fourth-order valence-corrected chi connectivity index (χ4v) is 4.81. The number of aryl methyl sites for hydroxylation is 1. The SMILES string of the molecule is Cn1c(=O)n(CC(C)(C)C)c2ccc(C3CCC(C)(C)C(CNS(=O)[O-])C3)nc21. The second-order valence-corrected chi connectivity index (χ2v) is 11.1. The van der Waals surface area contributed by atoms with E-state index in [2.05, 4.69) is 39.3 Å². The minimum atomic E-state index is -2.24. The van der Waals surface area contributed by atoms with Crippen LogP contribution in [0.2, 0.25) is 0 Å². The van der Waals surface area contributed by atoms with Gasteiger partial charge in [-0.15, -0.1) is 0 Å². The molecule has 1 fully saturated rings. The van der Waals surface area contributed by atoms with Crippen LogP contribution in [-0.4, -0.2) is 29.4 Å². The number of rotatable bonds is 5. The van der Waals surface area contributed by atoms with Gasteiger partial charge in [0, 0.05) is 43.0 Å². The van der Waals surface area contributed by atoms with E-state index in [0.29, 0.717) is 13.1 Å². The summed E-state index contributed by atoms with van der Waals surface area (Å²) in [7, 11) is 1.78. The third-order valence-electron chi connectivity index (χ3n) is 6.31. The Morgan fingerprint density at radius 2 is 2.03 bits per heavy atom. The highest BCUT2D eigenvalue weighted by atomic mass is 32.2. The fraction of sp³-hybridized carbons (Fsp3) is 0.714. The van der Waals surface area contributed by atoms with Crippen molar-refractivity contribution in [3.63, 3.8) is 0 Å². The summed E-state index contributed by atoms with van der Waals surface area (Å²) in [5, 5.41) is 0. The van der Waals surface area contributed by atoms with Crippen LogP contribution in [0.5, 0.6) is 0 Å². The van der Waals surface area contributed by atoms with E-state index in [1.165, 1.54) is 0 Å². The highest BCUT2D eigenvalue weighted by Gasteiger charge is 2.37. The molecule has 2 aromatic heterocycles. The van der Waals surface area contributed by atoms with Crippen LogP contribution in [0.3, 0.4) is 0 Å². The molecule has 29 heavy (non-hydrogen) atoms. The second kappa shape index (κ2) is 7.96. The van der Waals surface area contributed by atoms with Crippen LogP contribution in [0.15, 0.2) is 16.9 Å². The van der Waals surface area contributed by atoms with E-state index < -0.39 is 11.3 Å². The van der Waals surface area contributed by atoms with Crippen molar-refractivity contribution in [2.45, 2.75) is 66.3 Å². The molecule has 2 heterocycles. The summed E-state index contributed by atoms with van der Waals surface area (Å²) in [4.78, 5) is 17.6. The molecule has 3 atom stereocenters. The Kier molecular flexibility index (Phi) is 6.09. The maximum Gasteiger partial charge on any atom is 0.330 e. The zero-order valence-electron chi connectivity index (χ0n) is 18.3. The number of hydrogen-bond donors (Lipinski definition) is 1. The van der Waals surface area contributed by atoms with Crippen molar-refractivity contribution < 1.29 is 8.76 Å². The molecule has 3 rings (SSSR count). The Morgan fingerprint density at radius 1 is 1.34 bits per heavy atom. The molecule has 1 aliphatic carbocycles. The van der Waals surface area contributed by atoms with Gasteiger partial charge in [-0.3, -0.25) is 13.3 Å². The molecule has 1 N–H and O–H groups in total. The zero-order chi connectivity index (χ0) is 21.6. The number of fused-ring (bicyclic) bond motifs is 1. The molecule has 1 saturated carbocycles. The number of imidazole rings is 1. The highest BCUT2D eigenvalue weighted by molar-refractivity contribution is 7.77. The predicted molar refractivity (Wildman–Crippen MR) is 115 cm³/mol. The first kappa shape index (κ1) is 22.2. The average molecular weight is 422 g/mol. The molecule has 3 unspecified atom stereocenters. The van der Waals surface area contributed by atoms with Gasteiger partial charge in [-0.2, -0.15) is 0 Å². The van der Waals surface area contributed by atoms with Crippen molar-refractivity contribution in [2.75, 3.05) is 6.54 Å². The van der Waals surface area contributed by atoms with Crippen LogP contribution >= 0.6 is 0 Å². The number of nitrogens with zero attached hydrogens (tertiary/aromatic N) is 3. The van der Waals surface area contributed by atoms with Crippen molar-refractivity contribution in [1.82, 2.24) is 18.8 Å². The largest absolute Gasteiger partial charge is 0.760 e. The van der Waals surface area contributed by atoms with E-state index in [4.69, 9.17) is 4.98 Å². The minimum Gasteiger partial charge on any atom is -0.760 e. The number of pyridine rings is 1. The molecule has 0 radical (unpaired) electrons. The van der Waals surface area contributed by atoms with Gasteiger partial charge in [0.05, 0.1) is 5.52 Å². The first-order chi connectivity index (χ1) is 13.4. The second-order valence-electron chi connectivity index (χ2n) is 10.3. The maximum absolute atomic E-state index is 12.8. The predicted octanol–water partition coefficient (Wildman–Crippen LogP) is 3.07. The Morgan fingerprint density at radius 3 is 2.66 bits per heavy atom. The third-order valence-corrected chi connectivity index (χ3v) is 6.71. The molecule has 0 bridgehead atoms. The van der Waals surface area contributed by atoms with E-state index >= 15 is 0 Å². The lowest BCUT2D eigenvalue weighted by Gasteiger charge is -2.42. The average Bonchev–Trinajstić information content (AvgIpc) is 2.83. The van der Waals surface area contributed by atoms with Gasteiger partial charge in [0.15, 0.2) is 5.65 Å². The Bertz CT molecular complexity index is 971. The van der Waals surface area contributed by atoms with Crippen LogP contribution < -0.4 is 10.4 Å². The topological polar surface area (TPSA) is 92.0 Å².